The molecule has 0 spiro atoms. The maximum Gasteiger partial charge on any atom is 0.187 e. The lowest BCUT2D eigenvalue weighted by atomic mass is 9.96. The van der Waals surface area contributed by atoms with Crippen molar-refractivity contribution >= 4 is 0 Å². The maximum atomic E-state index is 11.4. The fourth-order valence-electron chi connectivity index (χ4n) is 6.31. The van der Waals surface area contributed by atoms with Crippen LogP contribution < -0.4 is 0 Å². The zero-order valence-corrected chi connectivity index (χ0v) is 28.2. The van der Waals surface area contributed by atoms with Gasteiger partial charge in [-0.05, 0) is 22.3 Å². The van der Waals surface area contributed by atoms with E-state index in [9.17, 15) is 20.4 Å². The lowest BCUT2D eigenvalue weighted by molar-refractivity contribution is -0.370. The van der Waals surface area contributed by atoms with Crippen LogP contribution in [0.3, 0.4) is 0 Å². The first-order chi connectivity index (χ1) is 25.0. The standard InChI is InChI=1S/C40H46O11/c41-21-31-33(43)35(45-23-27-13-5-1-6-14-27)38(48-26-30-19-11-4-12-20-30)40(50-31)51-34-32(22-42)49-39(44)37(47-25-29-17-9-3-10-18-29)36(34)46-24-28-15-7-2-8-16-28/h1-20,31-44H,21-26H2/t31-,32-,33-,34-,35+,36+,37-,38-,39-,40-/m1/s1. The Balaban J connectivity index is 1.30. The van der Waals surface area contributed by atoms with E-state index in [0.29, 0.717) is 0 Å². The average Bonchev–Trinajstić information content (AvgIpc) is 3.18. The molecule has 4 aromatic carbocycles. The van der Waals surface area contributed by atoms with Crippen LogP contribution in [0.5, 0.6) is 0 Å². The van der Waals surface area contributed by atoms with Crippen molar-refractivity contribution < 1.29 is 53.6 Å². The van der Waals surface area contributed by atoms with Gasteiger partial charge in [-0.25, -0.2) is 0 Å². The van der Waals surface area contributed by atoms with Gasteiger partial charge in [0.1, 0.15) is 48.8 Å². The van der Waals surface area contributed by atoms with E-state index in [1.54, 1.807) is 0 Å². The minimum atomic E-state index is -1.46. The van der Waals surface area contributed by atoms with E-state index >= 15 is 0 Å². The van der Waals surface area contributed by atoms with Crippen LogP contribution in [-0.2, 0) is 59.6 Å². The summed E-state index contributed by atoms with van der Waals surface area (Å²) in [7, 11) is 0. The minimum absolute atomic E-state index is 0.135. The smallest absolute Gasteiger partial charge is 0.187 e. The second-order valence-electron chi connectivity index (χ2n) is 12.6. The predicted octanol–water partition coefficient (Wildman–Crippen LogP) is 3.50. The normalized spacial score (nSPS) is 29.5. The molecular formula is C40H46O11. The third-order valence-corrected chi connectivity index (χ3v) is 9.02. The quantitative estimate of drug-likeness (QED) is 0.136. The Morgan fingerprint density at radius 3 is 1.25 bits per heavy atom. The molecule has 0 aromatic heterocycles. The molecule has 0 bridgehead atoms. The Morgan fingerprint density at radius 2 is 0.824 bits per heavy atom. The largest absolute Gasteiger partial charge is 0.394 e. The SMILES string of the molecule is OC[C@H]1O[C@H](O[C@H]2[C@H](OCc3ccccc3)[C@@H](OCc3ccccc3)[C@H](O)O[C@@H]2CO)[C@H](OCc2ccccc2)[C@@H](OCc2ccccc2)[C@@H]1O. The minimum Gasteiger partial charge on any atom is -0.394 e. The first kappa shape index (κ1) is 37.2. The van der Waals surface area contributed by atoms with Gasteiger partial charge in [0, 0.05) is 0 Å². The molecule has 0 unspecified atom stereocenters. The Labute approximate surface area is 297 Å². The van der Waals surface area contributed by atoms with Crippen LogP contribution in [0.25, 0.3) is 0 Å². The third-order valence-electron chi connectivity index (χ3n) is 9.02. The summed E-state index contributed by atoms with van der Waals surface area (Å²) < 4.78 is 44.3. The number of ether oxygens (including phenoxy) is 7. The third kappa shape index (κ3) is 9.86. The Morgan fingerprint density at radius 1 is 0.431 bits per heavy atom. The molecule has 2 aliphatic rings. The molecule has 4 aromatic rings. The van der Waals surface area contributed by atoms with E-state index in [1.165, 1.54) is 0 Å². The molecule has 0 saturated carbocycles. The summed E-state index contributed by atoms with van der Waals surface area (Å²) in [6.45, 7) is -0.490. The Kier molecular flexibility index (Phi) is 13.7. The van der Waals surface area contributed by atoms with Crippen molar-refractivity contribution in [3.05, 3.63) is 144 Å². The molecule has 0 radical (unpaired) electrons. The molecule has 4 N–H and O–H groups in total. The summed E-state index contributed by atoms with van der Waals surface area (Å²) in [5.41, 5.74) is 3.48. The highest BCUT2D eigenvalue weighted by atomic mass is 16.7. The molecule has 51 heavy (non-hydrogen) atoms. The van der Waals surface area contributed by atoms with Gasteiger partial charge in [0.25, 0.3) is 0 Å². The second kappa shape index (κ2) is 18.8. The lowest BCUT2D eigenvalue weighted by Crippen LogP contribution is -2.65. The van der Waals surface area contributed by atoms with Crippen molar-refractivity contribution in [3.8, 4) is 0 Å². The Bertz CT molecular complexity index is 1550. The van der Waals surface area contributed by atoms with Crippen LogP contribution in [0.1, 0.15) is 22.3 Å². The zero-order valence-electron chi connectivity index (χ0n) is 28.2. The number of hydrogen-bond donors (Lipinski definition) is 4. The van der Waals surface area contributed by atoms with Crippen molar-refractivity contribution in [2.75, 3.05) is 13.2 Å². The number of aliphatic hydroxyl groups is 4. The molecule has 272 valence electrons. The molecule has 11 nitrogen and oxygen atoms in total. The molecule has 6 rings (SSSR count). The van der Waals surface area contributed by atoms with Crippen molar-refractivity contribution in [1.29, 1.82) is 0 Å². The molecule has 2 saturated heterocycles. The molecule has 2 fully saturated rings. The van der Waals surface area contributed by atoms with E-state index in [-0.39, 0.29) is 26.4 Å². The van der Waals surface area contributed by atoms with Crippen molar-refractivity contribution in [1.82, 2.24) is 0 Å². The van der Waals surface area contributed by atoms with Gasteiger partial charge >= 0.3 is 0 Å². The van der Waals surface area contributed by atoms with Gasteiger partial charge in [-0.2, -0.15) is 0 Å². The first-order valence-electron chi connectivity index (χ1n) is 17.2. The molecule has 0 amide bonds. The van der Waals surface area contributed by atoms with Gasteiger partial charge in [-0.15, -0.1) is 0 Å². The lowest BCUT2D eigenvalue weighted by Gasteiger charge is -2.48. The summed E-state index contributed by atoms with van der Waals surface area (Å²) in [6.07, 6.45) is -11.2. The van der Waals surface area contributed by atoms with E-state index < -0.39 is 74.6 Å². The highest BCUT2D eigenvalue weighted by Crippen LogP contribution is 2.34. The summed E-state index contributed by atoms with van der Waals surface area (Å²) >= 11 is 0. The van der Waals surface area contributed by atoms with E-state index in [0.717, 1.165) is 22.3 Å². The fourth-order valence-corrected chi connectivity index (χ4v) is 6.31. The molecular weight excluding hydrogens is 656 g/mol. The van der Waals surface area contributed by atoms with Crippen LogP contribution in [0.4, 0.5) is 0 Å². The van der Waals surface area contributed by atoms with Crippen LogP contribution >= 0.6 is 0 Å². The zero-order chi connectivity index (χ0) is 35.4. The fraction of sp³-hybridized carbons (Fsp3) is 0.400. The van der Waals surface area contributed by atoms with Gasteiger partial charge in [0.05, 0.1) is 39.6 Å². The molecule has 2 aliphatic heterocycles. The van der Waals surface area contributed by atoms with Gasteiger partial charge in [-0.3, -0.25) is 0 Å². The van der Waals surface area contributed by atoms with Crippen molar-refractivity contribution in [2.24, 2.45) is 0 Å². The summed E-state index contributed by atoms with van der Waals surface area (Å²) in [6, 6.07) is 38.0. The number of benzene rings is 4. The van der Waals surface area contributed by atoms with Gasteiger partial charge in [0.15, 0.2) is 12.6 Å². The first-order valence-corrected chi connectivity index (χ1v) is 17.2. The maximum absolute atomic E-state index is 11.4. The number of rotatable bonds is 16. The monoisotopic (exact) mass is 702 g/mol. The van der Waals surface area contributed by atoms with Crippen LogP contribution in [0, 0.1) is 0 Å². The van der Waals surface area contributed by atoms with E-state index in [2.05, 4.69) is 0 Å². The highest BCUT2D eigenvalue weighted by Gasteiger charge is 2.53. The summed E-state index contributed by atoms with van der Waals surface area (Å²) in [5.74, 6) is 0. The van der Waals surface area contributed by atoms with E-state index in [4.69, 9.17) is 33.2 Å². The second-order valence-corrected chi connectivity index (χ2v) is 12.6. The summed E-state index contributed by atoms with van der Waals surface area (Å²) in [5, 5.41) is 43.5. The highest BCUT2D eigenvalue weighted by molar-refractivity contribution is 5.16. The van der Waals surface area contributed by atoms with Gasteiger partial charge in [0.2, 0.25) is 0 Å². The predicted molar refractivity (Wildman–Crippen MR) is 185 cm³/mol. The molecule has 10 atom stereocenters. The molecule has 11 heteroatoms. The van der Waals surface area contributed by atoms with Crippen molar-refractivity contribution in [3.63, 3.8) is 0 Å². The van der Waals surface area contributed by atoms with Gasteiger partial charge in [-0.1, -0.05) is 121 Å². The number of hydrogen-bond acceptors (Lipinski definition) is 11. The van der Waals surface area contributed by atoms with Gasteiger partial charge < -0.3 is 53.6 Å². The van der Waals surface area contributed by atoms with Crippen LogP contribution in [0.2, 0.25) is 0 Å². The van der Waals surface area contributed by atoms with Crippen LogP contribution in [0.15, 0.2) is 121 Å². The topological polar surface area (TPSA) is 146 Å². The Hall–Kier alpha value is -3.56. The van der Waals surface area contributed by atoms with Crippen molar-refractivity contribution in [2.45, 2.75) is 87.8 Å². The summed E-state index contributed by atoms with van der Waals surface area (Å²) in [4.78, 5) is 0. The van der Waals surface area contributed by atoms with E-state index in [1.807, 2.05) is 121 Å². The number of aliphatic hydroxyl groups excluding tert-OH is 4. The molecule has 0 aliphatic carbocycles. The molecule has 2 heterocycles. The average molecular weight is 703 g/mol. The van der Waals surface area contributed by atoms with Crippen LogP contribution in [-0.4, -0.2) is 95.1 Å².